The molecule has 72 valence electrons. The van der Waals surface area contributed by atoms with Gasteiger partial charge in [0.05, 0.1) is 5.92 Å². The van der Waals surface area contributed by atoms with Gasteiger partial charge in [-0.25, -0.2) is 0 Å². The van der Waals surface area contributed by atoms with Crippen LogP contribution in [0.4, 0.5) is 13.2 Å². The number of hydrogen-bond donors (Lipinski definition) is 2. The molecule has 0 aliphatic heterocycles. The first-order valence-corrected chi connectivity index (χ1v) is 3.77. The Morgan fingerprint density at radius 3 is 2.17 bits per heavy atom. The Hall–Kier alpha value is -0.225. The van der Waals surface area contributed by atoms with Gasteiger partial charge in [0.1, 0.15) is 0 Å². The van der Waals surface area contributed by atoms with E-state index in [4.69, 9.17) is 10.0 Å². The lowest BCUT2D eigenvalue weighted by Crippen LogP contribution is -2.20. The second-order valence-corrected chi connectivity index (χ2v) is 2.85. The average molecular weight is 184 g/mol. The first-order chi connectivity index (χ1) is 5.34. The van der Waals surface area contributed by atoms with Crippen molar-refractivity contribution < 1.29 is 23.2 Å². The fourth-order valence-corrected chi connectivity index (χ4v) is 0.770. The highest BCUT2D eigenvalue weighted by atomic mass is 19.4. The van der Waals surface area contributed by atoms with Crippen LogP contribution in [-0.4, -0.2) is 23.3 Å². The fourth-order valence-electron chi connectivity index (χ4n) is 0.770. The topological polar surface area (TPSA) is 40.5 Å². The maximum absolute atomic E-state index is 11.8. The number of hydrogen-bond acceptors (Lipinski definition) is 2. The predicted molar refractivity (Wildman–Crippen MR) is 39.5 cm³/mol. The molecule has 0 bridgehead atoms. The SMILES string of the molecule is CC(CCCB(O)O)C(F)(F)F. The highest BCUT2D eigenvalue weighted by Crippen LogP contribution is 2.29. The molecule has 0 aliphatic rings. The van der Waals surface area contributed by atoms with E-state index in [0.717, 1.165) is 6.92 Å². The Labute approximate surface area is 69.5 Å². The molecule has 0 radical (unpaired) electrons. The molecule has 0 amide bonds. The van der Waals surface area contributed by atoms with Gasteiger partial charge in [-0.05, 0) is 12.7 Å². The van der Waals surface area contributed by atoms with E-state index in [2.05, 4.69) is 0 Å². The third-order valence-corrected chi connectivity index (χ3v) is 1.66. The summed E-state index contributed by atoms with van der Waals surface area (Å²) in [5.74, 6) is -1.36. The third kappa shape index (κ3) is 5.43. The summed E-state index contributed by atoms with van der Waals surface area (Å²) in [6, 6.07) is 0. The molecule has 0 aromatic carbocycles. The number of rotatable bonds is 4. The zero-order valence-corrected chi connectivity index (χ0v) is 6.80. The summed E-state index contributed by atoms with van der Waals surface area (Å²) in [7, 11) is -1.49. The molecule has 12 heavy (non-hydrogen) atoms. The van der Waals surface area contributed by atoms with Gasteiger partial charge in [0.25, 0.3) is 0 Å². The molecule has 0 fully saturated rings. The molecular weight excluding hydrogens is 172 g/mol. The van der Waals surface area contributed by atoms with Crippen LogP contribution in [0.3, 0.4) is 0 Å². The summed E-state index contributed by atoms with van der Waals surface area (Å²) in [5, 5.41) is 16.7. The van der Waals surface area contributed by atoms with E-state index in [1.54, 1.807) is 0 Å². The Morgan fingerprint density at radius 1 is 1.33 bits per heavy atom. The average Bonchev–Trinajstić information content (AvgIpc) is 1.84. The predicted octanol–water partition coefficient (Wildman–Crippen LogP) is 1.44. The molecule has 0 aliphatic carbocycles. The first-order valence-electron chi connectivity index (χ1n) is 3.77. The Bertz CT molecular complexity index is 126. The Kier molecular flexibility index (Phi) is 4.63. The van der Waals surface area contributed by atoms with Crippen LogP contribution in [0.15, 0.2) is 0 Å². The quantitative estimate of drug-likeness (QED) is 0.648. The summed E-state index contributed by atoms with van der Waals surface area (Å²) < 4.78 is 35.5. The normalized spacial score (nSPS) is 14.5. The van der Waals surface area contributed by atoms with E-state index in [1.165, 1.54) is 0 Å². The van der Waals surface area contributed by atoms with E-state index in [9.17, 15) is 13.2 Å². The van der Waals surface area contributed by atoms with Crippen LogP contribution in [0.2, 0.25) is 6.32 Å². The zero-order valence-electron chi connectivity index (χ0n) is 6.80. The zero-order chi connectivity index (χ0) is 9.78. The summed E-state index contributed by atoms with van der Waals surface area (Å²) in [6.45, 7) is 1.09. The molecule has 1 unspecified atom stereocenters. The van der Waals surface area contributed by atoms with Crippen molar-refractivity contribution in [2.24, 2.45) is 5.92 Å². The van der Waals surface area contributed by atoms with Crippen LogP contribution in [0.5, 0.6) is 0 Å². The van der Waals surface area contributed by atoms with Crippen molar-refractivity contribution in [3.8, 4) is 0 Å². The van der Waals surface area contributed by atoms with Gasteiger partial charge in [-0.1, -0.05) is 13.3 Å². The highest BCUT2D eigenvalue weighted by molar-refractivity contribution is 6.40. The molecule has 0 saturated heterocycles. The summed E-state index contributed by atoms with van der Waals surface area (Å²) in [4.78, 5) is 0. The summed E-state index contributed by atoms with van der Waals surface area (Å²) >= 11 is 0. The van der Waals surface area contributed by atoms with E-state index < -0.39 is 19.2 Å². The van der Waals surface area contributed by atoms with Crippen LogP contribution in [0.1, 0.15) is 19.8 Å². The maximum Gasteiger partial charge on any atom is 0.451 e. The highest BCUT2D eigenvalue weighted by Gasteiger charge is 2.35. The van der Waals surface area contributed by atoms with Crippen LogP contribution in [0, 0.1) is 5.92 Å². The lowest BCUT2D eigenvalue weighted by molar-refractivity contribution is -0.171. The van der Waals surface area contributed by atoms with Crippen molar-refractivity contribution in [1.29, 1.82) is 0 Å². The molecule has 0 spiro atoms. The van der Waals surface area contributed by atoms with Crippen molar-refractivity contribution in [3.05, 3.63) is 0 Å². The van der Waals surface area contributed by atoms with Gasteiger partial charge in [-0.3, -0.25) is 0 Å². The van der Waals surface area contributed by atoms with Crippen molar-refractivity contribution in [2.45, 2.75) is 32.3 Å². The van der Waals surface area contributed by atoms with Gasteiger partial charge < -0.3 is 10.0 Å². The van der Waals surface area contributed by atoms with E-state index in [1.807, 2.05) is 0 Å². The molecule has 0 rings (SSSR count). The van der Waals surface area contributed by atoms with Crippen molar-refractivity contribution in [2.75, 3.05) is 0 Å². The largest absolute Gasteiger partial charge is 0.451 e. The summed E-state index contributed by atoms with van der Waals surface area (Å²) in [6.07, 6.45) is -4.04. The van der Waals surface area contributed by atoms with Gasteiger partial charge in [-0.2, -0.15) is 13.2 Å². The van der Waals surface area contributed by atoms with Gasteiger partial charge in [0.2, 0.25) is 0 Å². The van der Waals surface area contributed by atoms with Crippen molar-refractivity contribution >= 4 is 7.12 Å². The summed E-state index contributed by atoms with van der Waals surface area (Å²) in [5.41, 5.74) is 0. The number of alkyl halides is 3. The monoisotopic (exact) mass is 184 g/mol. The van der Waals surface area contributed by atoms with Crippen LogP contribution < -0.4 is 0 Å². The van der Waals surface area contributed by atoms with Crippen molar-refractivity contribution in [1.82, 2.24) is 0 Å². The van der Waals surface area contributed by atoms with E-state index in [-0.39, 0.29) is 19.2 Å². The standard InChI is InChI=1S/C6H12BF3O2/c1-5(6(8,9)10)3-2-4-7(11)12/h5,11-12H,2-4H2,1H3. The molecule has 0 aromatic heterocycles. The third-order valence-electron chi connectivity index (χ3n) is 1.66. The lowest BCUT2D eigenvalue weighted by Gasteiger charge is -2.14. The van der Waals surface area contributed by atoms with Gasteiger partial charge in [-0.15, -0.1) is 0 Å². The van der Waals surface area contributed by atoms with E-state index >= 15 is 0 Å². The Balaban J connectivity index is 3.51. The molecule has 1 atom stereocenters. The van der Waals surface area contributed by atoms with Gasteiger partial charge >= 0.3 is 13.3 Å². The molecule has 2 nitrogen and oxygen atoms in total. The van der Waals surface area contributed by atoms with Crippen LogP contribution in [0.25, 0.3) is 0 Å². The molecular formula is C6H12BF3O2. The van der Waals surface area contributed by atoms with Crippen molar-refractivity contribution in [3.63, 3.8) is 0 Å². The molecule has 0 heterocycles. The minimum absolute atomic E-state index is 0.000417. The first kappa shape index (κ1) is 11.8. The fraction of sp³-hybridized carbons (Fsp3) is 1.00. The molecule has 0 saturated carbocycles. The molecule has 2 N–H and O–H groups in total. The molecule has 6 heteroatoms. The number of halogens is 3. The van der Waals surface area contributed by atoms with Crippen LogP contribution >= 0.6 is 0 Å². The second-order valence-electron chi connectivity index (χ2n) is 2.85. The molecule has 0 aromatic rings. The van der Waals surface area contributed by atoms with Gasteiger partial charge in [0.15, 0.2) is 0 Å². The minimum atomic E-state index is -4.17. The minimum Gasteiger partial charge on any atom is -0.427 e. The smallest absolute Gasteiger partial charge is 0.427 e. The van der Waals surface area contributed by atoms with Gasteiger partial charge in [0, 0.05) is 0 Å². The second kappa shape index (κ2) is 4.72. The lowest BCUT2D eigenvalue weighted by atomic mass is 9.82. The van der Waals surface area contributed by atoms with E-state index in [0.29, 0.717) is 0 Å². The maximum atomic E-state index is 11.8. The van der Waals surface area contributed by atoms with Crippen LogP contribution in [-0.2, 0) is 0 Å². The Morgan fingerprint density at radius 2 is 1.83 bits per heavy atom.